The molecule has 0 aromatic carbocycles. The lowest BCUT2D eigenvalue weighted by atomic mass is 10.1. The molecule has 0 aliphatic carbocycles. The molecule has 0 aliphatic heterocycles. The van der Waals surface area contributed by atoms with Gasteiger partial charge in [-0.25, -0.2) is 0 Å². The van der Waals surface area contributed by atoms with Crippen LogP contribution in [0.4, 0.5) is 0 Å². The number of carbonyl (C=O) groups excluding carboxylic acids is 2. The summed E-state index contributed by atoms with van der Waals surface area (Å²) < 4.78 is 5.11. The van der Waals surface area contributed by atoms with Gasteiger partial charge in [-0.3, -0.25) is 9.59 Å². The molecule has 0 atom stereocenters. The van der Waals surface area contributed by atoms with Crippen molar-refractivity contribution in [2.45, 2.75) is 60.1 Å². The molecule has 0 aromatic heterocycles. The van der Waals surface area contributed by atoms with Crippen LogP contribution in [0.1, 0.15) is 48.0 Å². The number of nitrogens with zero attached hydrogens (tertiary/aromatic N) is 1. The molecule has 0 spiro atoms. The predicted octanol–water partition coefficient (Wildman–Crippen LogP) is 1.81. The Morgan fingerprint density at radius 2 is 1.70 bits per heavy atom. The molecule has 20 heavy (non-hydrogen) atoms. The molecule has 0 saturated heterocycles. The summed E-state index contributed by atoms with van der Waals surface area (Å²) in [7, 11) is 0. The SMILES string of the molecule is CC(C)CC(=O)N(CCNC(C)C)CC(=O)OC(C)C. The van der Waals surface area contributed by atoms with Crippen molar-refractivity contribution < 1.29 is 14.3 Å². The van der Waals surface area contributed by atoms with E-state index >= 15 is 0 Å². The van der Waals surface area contributed by atoms with E-state index in [0.717, 1.165) is 0 Å². The van der Waals surface area contributed by atoms with Gasteiger partial charge in [0.05, 0.1) is 6.10 Å². The molecule has 0 fully saturated rings. The van der Waals surface area contributed by atoms with Crippen LogP contribution in [0.5, 0.6) is 0 Å². The first-order valence-electron chi connectivity index (χ1n) is 7.43. The average molecular weight is 286 g/mol. The Bertz CT molecular complexity index is 301. The Morgan fingerprint density at radius 1 is 1.10 bits per heavy atom. The summed E-state index contributed by atoms with van der Waals surface area (Å²) in [5.74, 6) is -0.0582. The van der Waals surface area contributed by atoms with Gasteiger partial charge in [-0.1, -0.05) is 27.7 Å². The van der Waals surface area contributed by atoms with E-state index in [1.165, 1.54) is 0 Å². The third-order valence-electron chi connectivity index (χ3n) is 2.56. The fraction of sp³-hybridized carbons (Fsp3) is 0.867. The van der Waals surface area contributed by atoms with Crippen LogP contribution in [0.15, 0.2) is 0 Å². The van der Waals surface area contributed by atoms with Gasteiger partial charge in [0.2, 0.25) is 5.91 Å². The average Bonchev–Trinajstić information content (AvgIpc) is 2.24. The summed E-state index contributed by atoms with van der Waals surface area (Å²) in [6, 6.07) is 0.361. The fourth-order valence-corrected chi connectivity index (χ4v) is 1.71. The van der Waals surface area contributed by atoms with Gasteiger partial charge in [0.15, 0.2) is 0 Å². The molecular formula is C15H30N2O3. The van der Waals surface area contributed by atoms with Crippen molar-refractivity contribution in [1.82, 2.24) is 10.2 Å². The van der Waals surface area contributed by atoms with Gasteiger partial charge < -0.3 is 15.0 Å². The van der Waals surface area contributed by atoms with Crippen molar-refractivity contribution in [2.24, 2.45) is 5.92 Å². The molecule has 0 aliphatic rings. The van der Waals surface area contributed by atoms with E-state index in [-0.39, 0.29) is 30.4 Å². The molecule has 5 heteroatoms. The molecule has 0 saturated carbocycles. The minimum absolute atomic E-state index is 0.00580. The van der Waals surface area contributed by atoms with Crippen LogP contribution in [-0.4, -0.2) is 48.6 Å². The van der Waals surface area contributed by atoms with E-state index < -0.39 is 0 Å². The number of nitrogens with one attached hydrogen (secondary N) is 1. The maximum absolute atomic E-state index is 12.1. The number of ether oxygens (including phenoxy) is 1. The molecule has 0 heterocycles. The molecule has 0 radical (unpaired) electrons. The Kier molecular flexibility index (Phi) is 9.21. The number of esters is 1. The van der Waals surface area contributed by atoms with Gasteiger partial charge in [-0.05, 0) is 19.8 Å². The van der Waals surface area contributed by atoms with E-state index in [0.29, 0.717) is 25.6 Å². The smallest absolute Gasteiger partial charge is 0.325 e. The molecule has 0 rings (SSSR count). The number of hydrogen-bond donors (Lipinski definition) is 1. The Balaban J connectivity index is 4.45. The van der Waals surface area contributed by atoms with Gasteiger partial charge in [0.1, 0.15) is 6.54 Å². The van der Waals surface area contributed by atoms with Crippen LogP contribution in [0.2, 0.25) is 0 Å². The zero-order chi connectivity index (χ0) is 15.7. The minimum atomic E-state index is -0.346. The summed E-state index contributed by atoms with van der Waals surface area (Å²) in [4.78, 5) is 25.4. The molecular weight excluding hydrogens is 256 g/mol. The second kappa shape index (κ2) is 9.75. The summed E-state index contributed by atoms with van der Waals surface area (Å²) in [6.07, 6.45) is 0.301. The van der Waals surface area contributed by atoms with Gasteiger partial charge in [-0.15, -0.1) is 0 Å². The standard InChI is InChI=1S/C15H30N2O3/c1-11(2)9-14(18)17(8-7-16-12(3)4)10-15(19)20-13(5)6/h11-13,16H,7-10H2,1-6H3. The summed E-state index contributed by atoms with van der Waals surface area (Å²) in [6.45, 7) is 12.9. The van der Waals surface area contributed by atoms with Crippen LogP contribution < -0.4 is 5.32 Å². The lowest BCUT2D eigenvalue weighted by molar-refractivity contribution is -0.152. The van der Waals surface area contributed by atoms with Crippen molar-refractivity contribution >= 4 is 11.9 Å². The molecule has 0 unspecified atom stereocenters. The number of hydrogen-bond acceptors (Lipinski definition) is 4. The summed E-state index contributed by atoms with van der Waals surface area (Å²) >= 11 is 0. The number of rotatable bonds is 9. The van der Waals surface area contributed by atoms with Crippen LogP contribution >= 0.6 is 0 Å². The van der Waals surface area contributed by atoms with Crippen LogP contribution in [-0.2, 0) is 14.3 Å². The molecule has 0 bridgehead atoms. The highest BCUT2D eigenvalue weighted by Gasteiger charge is 2.19. The first-order valence-corrected chi connectivity index (χ1v) is 7.43. The van der Waals surface area contributed by atoms with E-state index in [1.54, 1.807) is 18.7 Å². The largest absolute Gasteiger partial charge is 0.462 e. The minimum Gasteiger partial charge on any atom is -0.462 e. The predicted molar refractivity (Wildman–Crippen MR) is 80.4 cm³/mol. The Hall–Kier alpha value is -1.10. The topological polar surface area (TPSA) is 58.6 Å². The zero-order valence-electron chi connectivity index (χ0n) is 13.7. The van der Waals surface area contributed by atoms with Crippen LogP contribution in [0.3, 0.4) is 0 Å². The van der Waals surface area contributed by atoms with Crippen LogP contribution in [0.25, 0.3) is 0 Å². The Morgan fingerprint density at radius 3 is 2.15 bits per heavy atom. The molecule has 1 amide bonds. The van der Waals surface area contributed by atoms with E-state index in [2.05, 4.69) is 5.32 Å². The first kappa shape index (κ1) is 18.9. The van der Waals surface area contributed by atoms with Crippen molar-refractivity contribution in [3.8, 4) is 0 Å². The monoisotopic (exact) mass is 286 g/mol. The quantitative estimate of drug-likeness (QED) is 0.657. The number of amides is 1. The summed E-state index contributed by atoms with van der Waals surface area (Å²) in [5.41, 5.74) is 0. The molecule has 1 N–H and O–H groups in total. The highest BCUT2D eigenvalue weighted by Crippen LogP contribution is 2.05. The van der Waals surface area contributed by atoms with E-state index in [9.17, 15) is 9.59 Å². The lowest BCUT2D eigenvalue weighted by Gasteiger charge is -2.24. The zero-order valence-corrected chi connectivity index (χ0v) is 13.7. The second-order valence-corrected chi connectivity index (χ2v) is 6.06. The molecule has 5 nitrogen and oxygen atoms in total. The summed E-state index contributed by atoms with van der Waals surface area (Å²) in [5, 5.41) is 3.25. The maximum Gasteiger partial charge on any atom is 0.325 e. The number of carbonyl (C=O) groups is 2. The van der Waals surface area contributed by atoms with Gasteiger partial charge >= 0.3 is 5.97 Å². The van der Waals surface area contributed by atoms with Crippen LogP contribution in [0, 0.1) is 5.92 Å². The van der Waals surface area contributed by atoms with E-state index in [4.69, 9.17) is 4.74 Å². The third-order valence-corrected chi connectivity index (χ3v) is 2.56. The third kappa shape index (κ3) is 9.78. The van der Waals surface area contributed by atoms with Crippen molar-refractivity contribution in [3.63, 3.8) is 0 Å². The fourth-order valence-electron chi connectivity index (χ4n) is 1.71. The van der Waals surface area contributed by atoms with Crippen molar-refractivity contribution in [1.29, 1.82) is 0 Å². The molecule has 118 valence electrons. The first-order chi connectivity index (χ1) is 9.22. The van der Waals surface area contributed by atoms with Gasteiger partial charge in [0, 0.05) is 25.6 Å². The second-order valence-electron chi connectivity index (χ2n) is 6.06. The highest BCUT2D eigenvalue weighted by atomic mass is 16.5. The molecule has 0 aromatic rings. The van der Waals surface area contributed by atoms with Gasteiger partial charge in [-0.2, -0.15) is 0 Å². The van der Waals surface area contributed by atoms with Crippen molar-refractivity contribution in [3.05, 3.63) is 0 Å². The maximum atomic E-state index is 12.1. The van der Waals surface area contributed by atoms with Gasteiger partial charge in [0.25, 0.3) is 0 Å². The normalized spacial score (nSPS) is 11.2. The van der Waals surface area contributed by atoms with Crippen molar-refractivity contribution in [2.75, 3.05) is 19.6 Å². The lowest BCUT2D eigenvalue weighted by Crippen LogP contribution is -2.42. The van der Waals surface area contributed by atoms with E-state index in [1.807, 2.05) is 27.7 Å². The Labute approximate surface area is 123 Å². The highest BCUT2D eigenvalue weighted by molar-refractivity contribution is 5.82.